The zero-order valence-electron chi connectivity index (χ0n) is 10.2. The van der Waals surface area contributed by atoms with Gasteiger partial charge in [0.1, 0.15) is 6.04 Å². The molecule has 0 aliphatic rings. The second-order valence-corrected chi connectivity index (χ2v) is 4.89. The van der Waals surface area contributed by atoms with Gasteiger partial charge >= 0.3 is 5.97 Å². The van der Waals surface area contributed by atoms with Gasteiger partial charge in [-0.3, -0.25) is 4.79 Å². The second kappa shape index (κ2) is 9.04. The Kier molecular flexibility index (Phi) is 8.91. The topological polar surface area (TPSA) is 38.3 Å². The molecule has 1 N–H and O–H groups in total. The summed E-state index contributed by atoms with van der Waals surface area (Å²) in [5.74, 6) is 0.664. The van der Waals surface area contributed by atoms with Crippen LogP contribution in [0.25, 0.3) is 0 Å². The lowest BCUT2D eigenvalue weighted by molar-refractivity contribution is -0.144. The molecule has 0 saturated heterocycles. The van der Waals surface area contributed by atoms with Gasteiger partial charge < -0.3 is 10.1 Å². The molecule has 0 amide bonds. The number of ether oxygens (including phenoxy) is 1. The van der Waals surface area contributed by atoms with Crippen LogP contribution in [0.3, 0.4) is 0 Å². The molecular formula is C11H23NO2S. The SMILES string of the molecule is CCNC(CSC(C)CC)C(=O)OCC. The third-order valence-electron chi connectivity index (χ3n) is 2.14. The van der Waals surface area contributed by atoms with Crippen LogP contribution in [0.1, 0.15) is 34.1 Å². The molecule has 0 aliphatic heterocycles. The smallest absolute Gasteiger partial charge is 0.323 e. The van der Waals surface area contributed by atoms with Gasteiger partial charge in [-0.15, -0.1) is 0 Å². The highest BCUT2D eigenvalue weighted by molar-refractivity contribution is 7.99. The van der Waals surface area contributed by atoms with E-state index in [0.717, 1.165) is 18.7 Å². The van der Waals surface area contributed by atoms with Crippen LogP contribution in [0.15, 0.2) is 0 Å². The van der Waals surface area contributed by atoms with Crippen molar-refractivity contribution in [2.75, 3.05) is 18.9 Å². The van der Waals surface area contributed by atoms with Crippen molar-refractivity contribution in [1.29, 1.82) is 0 Å². The molecule has 0 aromatic carbocycles. The third-order valence-corrected chi connectivity index (χ3v) is 3.57. The van der Waals surface area contributed by atoms with Gasteiger partial charge in [-0.1, -0.05) is 20.8 Å². The van der Waals surface area contributed by atoms with Crippen molar-refractivity contribution in [3.8, 4) is 0 Å². The van der Waals surface area contributed by atoms with Crippen LogP contribution < -0.4 is 5.32 Å². The van der Waals surface area contributed by atoms with Crippen molar-refractivity contribution >= 4 is 17.7 Å². The molecular weight excluding hydrogens is 210 g/mol. The van der Waals surface area contributed by atoms with E-state index < -0.39 is 0 Å². The first-order valence-electron chi connectivity index (χ1n) is 5.67. The number of esters is 1. The van der Waals surface area contributed by atoms with Crippen molar-refractivity contribution in [2.24, 2.45) is 0 Å². The van der Waals surface area contributed by atoms with Gasteiger partial charge in [0, 0.05) is 11.0 Å². The molecule has 15 heavy (non-hydrogen) atoms. The minimum Gasteiger partial charge on any atom is -0.465 e. The van der Waals surface area contributed by atoms with Gasteiger partial charge in [-0.05, 0) is 19.9 Å². The molecule has 0 aliphatic carbocycles. The van der Waals surface area contributed by atoms with Crippen LogP contribution in [-0.4, -0.2) is 36.2 Å². The van der Waals surface area contributed by atoms with E-state index in [2.05, 4.69) is 19.2 Å². The Morgan fingerprint density at radius 1 is 1.40 bits per heavy atom. The van der Waals surface area contributed by atoms with Gasteiger partial charge in [0.25, 0.3) is 0 Å². The molecule has 0 bridgehead atoms. The Bertz CT molecular complexity index is 176. The molecule has 90 valence electrons. The quantitative estimate of drug-likeness (QED) is 0.651. The van der Waals surface area contributed by atoms with Crippen molar-refractivity contribution in [3.63, 3.8) is 0 Å². The molecule has 0 rings (SSSR count). The lowest BCUT2D eigenvalue weighted by Crippen LogP contribution is -2.40. The Morgan fingerprint density at radius 2 is 2.07 bits per heavy atom. The lowest BCUT2D eigenvalue weighted by atomic mass is 10.3. The predicted octanol–water partition coefficient (Wildman–Crippen LogP) is 2.06. The summed E-state index contributed by atoms with van der Waals surface area (Å²) in [5, 5.41) is 3.75. The van der Waals surface area contributed by atoms with Gasteiger partial charge in [-0.25, -0.2) is 0 Å². The monoisotopic (exact) mass is 233 g/mol. The van der Waals surface area contributed by atoms with E-state index in [1.807, 2.05) is 25.6 Å². The molecule has 0 heterocycles. The highest BCUT2D eigenvalue weighted by Crippen LogP contribution is 2.15. The number of rotatable bonds is 8. The number of hydrogen-bond donors (Lipinski definition) is 1. The third kappa shape index (κ3) is 6.79. The highest BCUT2D eigenvalue weighted by Gasteiger charge is 2.19. The Hall–Kier alpha value is -0.220. The van der Waals surface area contributed by atoms with Gasteiger partial charge in [-0.2, -0.15) is 11.8 Å². The van der Waals surface area contributed by atoms with E-state index in [1.165, 1.54) is 0 Å². The van der Waals surface area contributed by atoms with E-state index in [-0.39, 0.29) is 12.0 Å². The van der Waals surface area contributed by atoms with E-state index in [9.17, 15) is 4.79 Å². The van der Waals surface area contributed by atoms with Gasteiger partial charge in [0.05, 0.1) is 6.61 Å². The summed E-state index contributed by atoms with van der Waals surface area (Å²) >= 11 is 1.82. The van der Waals surface area contributed by atoms with E-state index in [4.69, 9.17) is 4.74 Å². The summed E-state index contributed by atoms with van der Waals surface area (Å²) in [4.78, 5) is 11.5. The van der Waals surface area contributed by atoms with Crippen LogP contribution in [0.4, 0.5) is 0 Å². The second-order valence-electron chi connectivity index (χ2n) is 3.41. The summed E-state index contributed by atoms with van der Waals surface area (Å²) < 4.78 is 5.01. The molecule has 3 nitrogen and oxygen atoms in total. The first-order chi connectivity index (χ1) is 7.15. The maximum Gasteiger partial charge on any atom is 0.323 e. The zero-order valence-corrected chi connectivity index (χ0v) is 11.0. The summed E-state index contributed by atoms with van der Waals surface area (Å²) in [7, 11) is 0. The van der Waals surface area contributed by atoms with Gasteiger partial charge in [0.2, 0.25) is 0 Å². The van der Waals surface area contributed by atoms with Crippen LogP contribution in [0.2, 0.25) is 0 Å². The number of nitrogens with one attached hydrogen (secondary N) is 1. The fourth-order valence-electron chi connectivity index (χ4n) is 1.08. The van der Waals surface area contributed by atoms with Crippen LogP contribution in [-0.2, 0) is 9.53 Å². The van der Waals surface area contributed by atoms with Crippen LogP contribution >= 0.6 is 11.8 Å². The maximum absolute atomic E-state index is 11.5. The molecule has 0 fully saturated rings. The molecule has 0 aromatic rings. The van der Waals surface area contributed by atoms with Crippen LogP contribution in [0, 0.1) is 0 Å². The van der Waals surface area contributed by atoms with E-state index >= 15 is 0 Å². The number of carbonyl (C=O) groups is 1. The number of hydrogen-bond acceptors (Lipinski definition) is 4. The van der Waals surface area contributed by atoms with Crippen molar-refractivity contribution in [3.05, 3.63) is 0 Å². The molecule has 0 spiro atoms. The predicted molar refractivity (Wildman–Crippen MR) is 66.3 cm³/mol. The number of carbonyl (C=O) groups excluding carboxylic acids is 1. The molecule has 4 heteroatoms. The minimum absolute atomic E-state index is 0.129. The Labute approximate surface area is 97.3 Å². The average Bonchev–Trinajstić information content (AvgIpc) is 2.23. The van der Waals surface area contributed by atoms with Crippen LogP contribution in [0.5, 0.6) is 0 Å². The van der Waals surface area contributed by atoms with E-state index in [0.29, 0.717) is 11.9 Å². The highest BCUT2D eigenvalue weighted by atomic mass is 32.2. The standard InChI is InChI=1S/C11H23NO2S/c1-5-9(4)15-8-10(12-6-2)11(13)14-7-3/h9-10,12H,5-8H2,1-4H3. The number of thioether (sulfide) groups is 1. The lowest BCUT2D eigenvalue weighted by Gasteiger charge is -2.17. The van der Waals surface area contributed by atoms with Crippen molar-refractivity contribution in [2.45, 2.75) is 45.4 Å². The maximum atomic E-state index is 11.5. The summed E-state index contributed by atoms with van der Waals surface area (Å²) in [6.07, 6.45) is 1.13. The minimum atomic E-state index is -0.158. The molecule has 2 unspecified atom stereocenters. The normalized spacial score (nSPS) is 14.7. The fraction of sp³-hybridized carbons (Fsp3) is 0.909. The molecule has 0 saturated carbocycles. The molecule has 0 radical (unpaired) electrons. The largest absolute Gasteiger partial charge is 0.465 e. The first kappa shape index (κ1) is 14.8. The van der Waals surface area contributed by atoms with Crippen molar-refractivity contribution < 1.29 is 9.53 Å². The first-order valence-corrected chi connectivity index (χ1v) is 6.72. The summed E-state index contributed by atoms with van der Waals surface area (Å²) in [5.41, 5.74) is 0. The van der Waals surface area contributed by atoms with Gasteiger partial charge in [0.15, 0.2) is 0 Å². The summed E-state index contributed by atoms with van der Waals surface area (Å²) in [6.45, 7) is 9.42. The number of likely N-dealkylation sites (N-methyl/N-ethyl adjacent to an activating group) is 1. The molecule has 0 aromatic heterocycles. The van der Waals surface area contributed by atoms with E-state index in [1.54, 1.807) is 0 Å². The fourth-order valence-corrected chi connectivity index (χ4v) is 2.09. The Morgan fingerprint density at radius 3 is 2.53 bits per heavy atom. The zero-order chi connectivity index (χ0) is 11.7. The molecule has 2 atom stereocenters. The Balaban J connectivity index is 3.97. The van der Waals surface area contributed by atoms with Crippen molar-refractivity contribution in [1.82, 2.24) is 5.32 Å². The average molecular weight is 233 g/mol. The summed E-state index contributed by atoms with van der Waals surface area (Å²) in [6, 6.07) is -0.158.